The first kappa shape index (κ1) is 40.1. The summed E-state index contributed by atoms with van der Waals surface area (Å²) in [5, 5.41) is 24.5. The van der Waals surface area contributed by atoms with Gasteiger partial charge in [0.15, 0.2) is 0 Å². The maximum absolute atomic E-state index is 14.2. The van der Waals surface area contributed by atoms with E-state index in [0.717, 1.165) is 30.6 Å². The van der Waals surface area contributed by atoms with Crippen molar-refractivity contribution in [3.8, 4) is 0 Å². The SMILES string of the molecule is CN[C@@H](C)C(=O)N[C@H](C(=O)N1CCCC1)[C@@H](C)OCCO[C@H](C)[C@H](NC(=O)[C@H](C)NC)C(=O)N1CCC[C@H]1Cn1nnnc1Sc1ccccc1. The van der Waals surface area contributed by atoms with Gasteiger partial charge in [0, 0.05) is 24.5 Å². The number of benzene rings is 1. The molecule has 2 aliphatic heterocycles. The van der Waals surface area contributed by atoms with Gasteiger partial charge in [0.05, 0.1) is 50.1 Å². The summed E-state index contributed by atoms with van der Waals surface area (Å²) in [5.74, 6) is -1.05. The molecule has 282 valence electrons. The van der Waals surface area contributed by atoms with Crippen LogP contribution in [0.25, 0.3) is 0 Å². The fraction of sp³-hybridized carbons (Fsp3) is 0.676. The van der Waals surface area contributed by atoms with E-state index in [9.17, 15) is 19.2 Å². The second-order valence-electron chi connectivity index (χ2n) is 13.1. The molecule has 2 saturated heterocycles. The van der Waals surface area contributed by atoms with Crippen LogP contribution in [0.5, 0.6) is 0 Å². The predicted molar refractivity (Wildman–Crippen MR) is 191 cm³/mol. The Balaban J connectivity index is 1.39. The number of hydrogen-bond acceptors (Lipinski definition) is 12. The highest BCUT2D eigenvalue weighted by Gasteiger charge is 2.38. The lowest BCUT2D eigenvalue weighted by Gasteiger charge is -2.33. The Labute approximate surface area is 304 Å². The summed E-state index contributed by atoms with van der Waals surface area (Å²) < 4.78 is 13.9. The summed E-state index contributed by atoms with van der Waals surface area (Å²) >= 11 is 1.45. The summed E-state index contributed by atoms with van der Waals surface area (Å²) in [7, 11) is 3.36. The number of carbonyl (C=O) groups excluding carboxylic acids is 4. The van der Waals surface area contributed by atoms with Gasteiger partial charge in [0.25, 0.3) is 0 Å². The van der Waals surface area contributed by atoms with Gasteiger partial charge in [-0.2, -0.15) is 0 Å². The highest BCUT2D eigenvalue weighted by atomic mass is 32.2. The van der Waals surface area contributed by atoms with Crippen molar-refractivity contribution in [2.45, 2.75) is 112 Å². The number of nitrogens with zero attached hydrogens (tertiary/aromatic N) is 6. The predicted octanol–water partition coefficient (Wildman–Crippen LogP) is 0.433. The smallest absolute Gasteiger partial charge is 0.248 e. The Hall–Kier alpha value is -3.64. The number of ether oxygens (including phenoxy) is 2. The largest absolute Gasteiger partial charge is 0.373 e. The summed E-state index contributed by atoms with van der Waals surface area (Å²) in [6, 6.07) is 6.79. The van der Waals surface area contributed by atoms with Crippen LogP contribution in [0.2, 0.25) is 0 Å². The van der Waals surface area contributed by atoms with Crippen LogP contribution in [0.4, 0.5) is 0 Å². The van der Waals surface area contributed by atoms with Crippen LogP contribution >= 0.6 is 11.8 Å². The third-order valence-corrected chi connectivity index (χ3v) is 10.5. The first-order valence-corrected chi connectivity index (χ1v) is 18.6. The van der Waals surface area contributed by atoms with Gasteiger partial charge in [-0.05, 0) is 102 Å². The average molecular weight is 731 g/mol. The summed E-state index contributed by atoms with van der Waals surface area (Å²) in [6.45, 7) is 9.35. The summed E-state index contributed by atoms with van der Waals surface area (Å²) in [6.07, 6.45) is 2.06. The van der Waals surface area contributed by atoms with Crippen molar-refractivity contribution in [1.29, 1.82) is 0 Å². The molecule has 0 spiro atoms. The highest BCUT2D eigenvalue weighted by molar-refractivity contribution is 7.99. The molecule has 0 unspecified atom stereocenters. The lowest BCUT2D eigenvalue weighted by Crippen LogP contribution is -2.58. The number of aromatic nitrogens is 4. The van der Waals surface area contributed by atoms with Gasteiger partial charge in [-0.1, -0.05) is 18.2 Å². The molecule has 4 rings (SSSR count). The first-order chi connectivity index (χ1) is 24.5. The van der Waals surface area contributed by atoms with Crippen LogP contribution in [-0.4, -0.2) is 143 Å². The first-order valence-electron chi connectivity index (χ1n) is 17.8. The van der Waals surface area contributed by atoms with E-state index >= 15 is 0 Å². The molecule has 7 atom stereocenters. The maximum Gasteiger partial charge on any atom is 0.248 e. The third-order valence-electron chi connectivity index (χ3n) is 9.48. The van der Waals surface area contributed by atoms with Crippen LogP contribution < -0.4 is 21.3 Å². The molecule has 4 N–H and O–H groups in total. The Morgan fingerprint density at radius 3 is 1.96 bits per heavy atom. The van der Waals surface area contributed by atoms with E-state index in [0.29, 0.717) is 31.3 Å². The van der Waals surface area contributed by atoms with Crippen LogP contribution in [0.15, 0.2) is 40.4 Å². The zero-order chi connectivity index (χ0) is 36.9. The third kappa shape index (κ3) is 11.2. The number of tetrazole rings is 1. The van der Waals surface area contributed by atoms with Crippen molar-refractivity contribution in [2.24, 2.45) is 0 Å². The van der Waals surface area contributed by atoms with Crippen molar-refractivity contribution >= 4 is 35.4 Å². The van der Waals surface area contributed by atoms with Crippen molar-refractivity contribution in [1.82, 2.24) is 51.3 Å². The number of nitrogens with one attached hydrogen (secondary N) is 4. The monoisotopic (exact) mass is 730 g/mol. The molecule has 16 nitrogen and oxygen atoms in total. The van der Waals surface area contributed by atoms with Crippen LogP contribution in [0.1, 0.15) is 53.4 Å². The average Bonchev–Trinajstić information content (AvgIpc) is 3.94. The minimum absolute atomic E-state index is 0.0896. The molecule has 0 aliphatic carbocycles. The van der Waals surface area contributed by atoms with E-state index in [1.54, 1.807) is 56.3 Å². The zero-order valence-corrected chi connectivity index (χ0v) is 31.4. The molecule has 2 fully saturated rings. The van der Waals surface area contributed by atoms with E-state index in [1.165, 1.54) is 11.8 Å². The lowest BCUT2D eigenvalue weighted by atomic mass is 10.1. The van der Waals surface area contributed by atoms with Gasteiger partial charge in [-0.25, -0.2) is 4.68 Å². The van der Waals surface area contributed by atoms with Gasteiger partial charge < -0.3 is 40.5 Å². The summed E-state index contributed by atoms with van der Waals surface area (Å²) in [5.41, 5.74) is 0. The second kappa shape index (κ2) is 19.8. The molecule has 0 saturated carbocycles. The molecule has 1 aromatic heterocycles. The number of likely N-dealkylation sites (N-methyl/N-ethyl adjacent to an activating group) is 2. The van der Waals surface area contributed by atoms with E-state index < -0.39 is 36.4 Å². The van der Waals surface area contributed by atoms with Crippen LogP contribution in [-0.2, 0) is 35.2 Å². The maximum atomic E-state index is 14.2. The van der Waals surface area contributed by atoms with E-state index in [2.05, 4.69) is 36.8 Å². The van der Waals surface area contributed by atoms with E-state index in [-0.39, 0.29) is 42.9 Å². The Morgan fingerprint density at radius 1 is 0.824 bits per heavy atom. The quantitative estimate of drug-likeness (QED) is 0.147. The second-order valence-corrected chi connectivity index (χ2v) is 14.1. The molecule has 17 heteroatoms. The van der Waals surface area contributed by atoms with Gasteiger partial charge in [-0.3, -0.25) is 19.2 Å². The molecule has 2 aromatic rings. The van der Waals surface area contributed by atoms with Crippen LogP contribution in [0.3, 0.4) is 0 Å². The van der Waals surface area contributed by atoms with Gasteiger partial charge in [0.2, 0.25) is 28.8 Å². The number of amides is 4. The molecule has 1 aromatic carbocycles. The van der Waals surface area contributed by atoms with Crippen LogP contribution in [0, 0.1) is 0 Å². The van der Waals surface area contributed by atoms with Crippen molar-refractivity contribution < 1.29 is 28.7 Å². The Kier molecular flexibility index (Phi) is 15.6. The van der Waals surface area contributed by atoms with Crippen molar-refractivity contribution in [3.05, 3.63) is 30.3 Å². The summed E-state index contributed by atoms with van der Waals surface area (Å²) in [4.78, 5) is 57.9. The minimum atomic E-state index is -0.967. The fourth-order valence-corrected chi connectivity index (χ4v) is 6.84. The topological polar surface area (TPSA) is 185 Å². The normalized spacial score (nSPS) is 19.6. The van der Waals surface area contributed by atoms with Gasteiger partial charge in [0.1, 0.15) is 12.1 Å². The van der Waals surface area contributed by atoms with Crippen molar-refractivity contribution in [3.63, 3.8) is 0 Å². The molecule has 4 amide bonds. The molecule has 51 heavy (non-hydrogen) atoms. The van der Waals surface area contributed by atoms with E-state index in [4.69, 9.17) is 9.47 Å². The van der Waals surface area contributed by atoms with E-state index in [1.807, 2.05) is 30.3 Å². The molecular formula is C34H54N10O6S. The lowest BCUT2D eigenvalue weighted by molar-refractivity contribution is -0.144. The number of likely N-dealkylation sites (tertiary alicyclic amines) is 2. The van der Waals surface area contributed by atoms with Gasteiger partial charge in [-0.15, -0.1) is 5.10 Å². The van der Waals surface area contributed by atoms with Gasteiger partial charge >= 0.3 is 0 Å². The standard InChI is InChI=1S/C34H54N10O6S/c1-22(35-5)30(45)37-28(32(47)42-16-10-11-17-42)24(3)49-19-20-50-25(4)29(38-31(46)23(2)36-6)33(48)43-18-12-13-26(43)21-44-34(39-40-41-44)51-27-14-8-7-9-15-27/h7-9,14-15,22-26,28-29,35-36H,10-13,16-21H2,1-6H3,(H,37,45)(H,38,46)/t22-,23-,24+,25+,26-,28-,29-/m0/s1. The molecule has 0 bridgehead atoms. The number of rotatable bonds is 19. The number of carbonyl (C=O) groups is 4. The highest BCUT2D eigenvalue weighted by Crippen LogP contribution is 2.27. The molecular weight excluding hydrogens is 677 g/mol. The molecule has 2 aliphatic rings. The molecule has 3 heterocycles. The fourth-order valence-electron chi connectivity index (χ4n) is 6.05. The Morgan fingerprint density at radius 2 is 1.39 bits per heavy atom. The molecule has 0 radical (unpaired) electrons. The Bertz CT molecular complexity index is 1430. The van der Waals surface area contributed by atoms with Crippen molar-refractivity contribution in [2.75, 3.05) is 46.9 Å². The minimum Gasteiger partial charge on any atom is -0.373 e. The zero-order valence-electron chi connectivity index (χ0n) is 30.5. The number of hydrogen-bond donors (Lipinski definition) is 4.